The highest BCUT2D eigenvalue weighted by atomic mass is 32.2. The molecule has 0 radical (unpaired) electrons. The number of nitrogens with zero attached hydrogens (tertiary/aromatic N) is 2. The number of benzene rings is 2. The molecule has 0 fully saturated rings. The van der Waals surface area contributed by atoms with Crippen molar-refractivity contribution in [2.75, 3.05) is 23.7 Å². The fraction of sp³-hybridized carbons (Fsp3) is 0.440. The first kappa shape index (κ1) is 26.4. The molecule has 2 aromatic carbocycles. The fourth-order valence-electron chi connectivity index (χ4n) is 3.50. The van der Waals surface area contributed by atoms with E-state index in [1.807, 2.05) is 52.0 Å². The molecule has 0 spiro atoms. The number of rotatable bonds is 11. The molecule has 0 unspecified atom stereocenters. The summed E-state index contributed by atoms with van der Waals surface area (Å²) in [6.07, 6.45) is 2.27. The number of nitrogens with one attached hydrogen (secondary N) is 1. The smallest absolute Gasteiger partial charge is 0.244 e. The van der Waals surface area contributed by atoms with E-state index >= 15 is 0 Å². The summed E-state index contributed by atoms with van der Waals surface area (Å²) in [4.78, 5) is 27.9. The number of hydrogen-bond donors (Lipinski definition) is 1. The van der Waals surface area contributed by atoms with Gasteiger partial charge in [0, 0.05) is 13.1 Å². The summed E-state index contributed by atoms with van der Waals surface area (Å²) in [6, 6.07) is 14.0. The highest BCUT2D eigenvalue weighted by Crippen LogP contribution is 2.20. The largest absolute Gasteiger partial charge is 0.354 e. The molecular formula is C25H35N3O4S. The predicted octanol–water partition coefficient (Wildman–Crippen LogP) is 3.40. The zero-order chi connectivity index (χ0) is 24.6. The lowest BCUT2D eigenvalue weighted by Gasteiger charge is -2.33. The third-order valence-corrected chi connectivity index (χ3v) is 6.55. The Morgan fingerprint density at radius 1 is 0.939 bits per heavy atom. The van der Waals surface area contributed by atoms with Gasteiger partial charge in [0.25, 0.3) is 0 Å². The van der Waals surface area contributed by atoms with Gasteiger partial charge in [-0.3, -0.25) is 13.9 Å². The SMILES string of the molecule is CCCNC(=O)[C@@H](CC)N(Cc1ccc(C)cc1)C(=O)CN(c1ccc(C)cc1)S(C)(=O)=O. The molecule has 0 heterocycles. The van der Waals surface area contributed by atoms with E-state index in [4.69, 9.17) is 0 Å². The van der Waals surface area contributed by atoms with Crippen LogP contribution < -0.4 is 9.62 Å². The van der Waals surface area contributed by atoms with Crippen molar-refractivity contribution in [1.82, 2.24) is 10.2 Å². The van der Waals surface area contributed by atoms with Crippen LogP contribution in [0.3, 0.4) is 0 Å². The van der Waals surface area contributed by atoms with E-state index in [1.54, 1.807) is 24.3 Å². The van der Waals surface area contributed by atoms with Gasteiger partial charge in [-0.1, -0.05) is 61.4 Å². The Morgan fingerprint density at radius 3 is 1.97 bits per heavy atom. The van der Waals surface area contributed by atoms with Gasteiger partial charge in [0.2, 0.25) is 21.8 Å². The van der Waals surface area contributed by atoms with Gasteiger partial charge in [-0.05, 0) is 44.4 Å². The van der Waals surface area contributed by atoms with Crippen LogP contribution in [0.25, 0.3) is 0 Å². The standard InChI is InChI=1S/C25H35N3O4S/c1-6-16-26-25(30)23(7-2)27(17-21-12-8-19(3)9-13-21)24(29)18-28(33(5,31)32)22-14-10-20(4)11-15-22/h8-15,23H,6-7,16-18H2,1-5H3,(H,26,30)/t23-/m1/s1. The molecule has 7 nitrogen and oxygen atoms in total. The maximum Gasteiger partial charge on any atom is 0.244 e. The molecule has 0 saturated carbocycles. The second kappa shape index (κ2) is 11.8. The minimum atomic E-state index is -3.72. The van der Waals surface area contributed by atoms with Gasteiger partial charge in [0.15, 0.2) is 0 Å². The van der Waals surface area contributed by atoms with Crippen molar-refractivity contribution in [2.45, 2.75) is 53.1 Å². The molecule has 2 rings (SSSR count). The Hall–Kier alpha value is -2.87. The first-order chi connectivity index (χ1) is 15.6. The molecule has 8 heteroatoms. The monoisotopic (exact) mass is 473 g/mol. The van der Waals surface area contributed by atoms with Crippen molar-refractivity contribution in [3.63, 3.8) is 0 Å². The second-order valence-corrected chi connectivity index (χ2v) is 10.2. The summed E-state index contributed by atoms with van der Waals surface area (Å²) in [5.41, 5.74) is 3.36. The van der Waals surface area contributed by atoms with E-state index in [2.05, 4.69) is 5.32 Å². The number of carbonyl (C=O) groups excluding carboxylic acids is 2. The van der Waals surface area contributed by atoms with E-state index in [9.17, 15) is 18.0 Å². The van der Waals surface area contributed by atoms with Crippen LogP contribution in [0, 0.1) is 13.8 Å². The van der Waals surface area contributed by atoms with Crippen LogP contribution in [0.2, 0.25) is 0 Å². The van der Waals surface area contributed by atoms with Gasteiger partial charge in [0.1, 0.15) is 12.6 Å². The first-order valence-electron chi connectivity index (χ1n) is 11.2. The lowest BCUT2D eigenvalue weighted by Crippen LogP contribution is -2.52. The van der Waals surface area contributed by atoms with Gasteiger partial charge >= 0.3 is 0 Å². The number of aryl methyl sites for hydroxylation is 2. The summed E-state index contributed by atoms with van der Waals surface area (Å²) in [5.74, 6) is -0.666. The molecule has 1 atom stereocenters. The zero-order valence-electron chi connectivity index (χ0n) is 20.2. The minimum Gasteiger partial charge on any atom is -0.354 e. The number of amides is 2. The lowest BCUT2D eigenvalue weighted by atomic mass is 10.1. The topological polar surface area (TPSA) is 86.8 Å². The van der Waals surface area contributed by atoms with Crippen LogP contribution in [0.5, 0.6) is 0 Å². The van der Waals surface area contributed by atoms with Gasteiger partial charge in [-0.25, -0.2) is 8.42 Å². The Balaban J connectivity index is 2.39. The fourth-order valence-corrected chi connectivity index (χ4v) is 4.35. The lowest BCUT2D eigenvalue weighted by molar-refractivity contribution is -0.140. The summed E-state index contributed by atoms with van der Waals surface area (Å²) in [7, 11) is -3.72. The number of sulfonamides is 1. The molecule has 0 bridgehead atoms. The summed E-state index contributed by atoms with van der Waals surface area (Å²) < 4.78 is 26.2. The molecule has 0 aromatic heterocycles. The molecule has 0 saturated heterocycles. The molecule has 33 heavy (non-hydrogen) atoms. The van der Waals surface area contributed by atoms with Crippen molar-refractivity contribution in [1.29, 1.82) is 0 Å². The van der Waals surface area contributed by atoms with Crippen LogP contribution in [0.4, 0.5) is 5.69 Å². The molecule has 2 amide bonds. The predicted molar refractivity (Wildman–Crippen MR) is 132 cm³/mol. The average molecular weight is 474 g/mol. The van der Waals surface area contributed by atoms with E-state index in [0.29, 0.717) is 18.7 Å². The number of carbonyl (C=O) groups is 2. The molecule has 0 aliphatic rings. The first-order valence-corrected chi connectivity index (χ1v) is 13.1. The summed E-state index contributed by atoms with van der Waals surface area (Å²) >= 11 is 0. The summed E-state index contributed by atoms with van der Waals surface area (Å²) in [6.45, 7) is 8.03. The Kier molecular flexibility index (Phi) is 9.46. The van der Waals surface area contributed by atoms with Gasteiger partial charge in [-0.2, -0.15) is 0 Å². The maximum absolute atomic E-state index is 13.5. The third-order valence-electron chi connectivity index (χ3n) is 5.41. The highest BCUT2D eigenvalue weighted by Gasteiger charge is 2.31. The van der Waals surface area contributed by atoms with Crippen molar-refractivity contribution < 1.29 is 18.0 Å². The van der Waals surface area contributed by atoms with Gasteiger partial charge < -0.3 is 10.2 Å². The highest BCUT2D eigenvalue weighted by molar-refractivity contribution is 7.92. The van der Waals surface area contributed by atoms with Crippen LogP contribution in [0.1, 0.15) is 43.4 Å². The number of hydrogen-bond acceptors (Lipinski definition) is 4. The van der Waals surface area contributed by atoms with Crippen molar-refractivity contribution >= 4 is 27.5 Å². The van der Waals surface area contributed by atoms with Gasteiger partial charge in [-0.15, -0.1) is 0 Å². The quantitative estimate of drug-likeness (QED) is 0.542. The second-order valence-electron chi connectivity index (χ2n) is 8.33. The minimum absolute atomic E-state index is 0.211. The van der Waals surface area contributed by atoms with Crippen LogP contribution in [0.15, 0.2) is 48.5 Å². The van der Waals surface area contributed by atoms with E-state index in [1.165, 1.54) is 4.90 Å². The third kappa shape index (κ3) is 7.60. The van der Waals surface area contributed by atoms with Crippen LogP contribution in [-0.2, 0) is 26.2 Å². The van der Waals surface area contributed by atoms with E-state index in [0.717, 1.165) is 33.7 Å². The molecule has 0 aliphatic carbocycles. The molecule has 0 aliphatic heterocycles. The molecule has 1 N–H and O–H groups in total. The van der Waals surface area contributed by atoms with Crippen LogP contribution in [-0.4, -0.2) is 50.5 Å². The number of anilines is 1. The summed E-state index contributed by atoms with van der Waals surface area (Å²) in [5, 5.41) is 2.87. The maximum atomic E-state index is 13.5. The normalized spacial score (nSPS) is 12.2. The molecular weight excluding hydrogens is 438 g/mol. The van der Waals surface area contributed by atoms with Crippen molar-refractivity contribution in [3.8, 4) is 0 Å². The van der Waals surface area contributed by atoms with Crippen molar-refractivity contribution in [2.24, 2.45) is 0 Å². The molecule has 180 valence electrons. The Morgan fingerprint density at radius 2 is 1.48 bits per heavy atom. The van der Waals surface area contributed by atoms with E-state index in [-0.39, 0.29) is 19.0 Å². The van der Waals surface area contributed by atoms with E-state index < -0.39 is 22.0 Å². The van der Waals surface area contributed by atoms with Crippen LogP contribution >= 0.6 is 0 Å². The van der Waals surface area contributed by atoms with Gasteiger partial charge in [0.05, 0.1) is 11.9 Å². The van der Waals surface area contributed by atoms with Crippen molar-refractivity contribution in [3.05, 3.63) is 65.2 Å². The Labute approximate surface area is 197 Å². The Bertz CT molecular complexity index is 1030. The average Bonchev–Trinajstić information content (AvgIpc) is 2.77. The molecule has 2 aromatic rings. The zero-order valence-corrected chi connectivity index (χ0v) is 21.0.